The fourth-order valence-corrected chi connectivity index (χ4v) is 5.47. The highest BCUT2D eigenvalue weighted by molar-refractivity contribution is 7.89. The van der Waals surface area contributed by atoms with Crippen LogP contribution < -0.4 is 5.73 Å². The van der Waals surface area contributed by atoms with E-state index in [1.165, 1.54) is 4.31 Å². The van der Waals surface area contributed by atoms with Crippen LogP contribution in [-0.4, -0.2) is 25.3 Å². The molecule has 1 saturated heterocycles. The van der Waals surface area contributed by atoms with Gasteiger partial charge in [-0.3, -0.25) is 0 Å². The number of nitrogens with zero attached hydrogens (tertiary/aromatic N) is 1. The van der Waals surface area contributed by atoms with Crippen molar-refractivity contribution in [2.75, 3.05) is 12.3 Å². The van der Waals surface area contributed by atoms with E-state index in [9.17, 15) is 17.2 Å². The first-order valence-corrected chi connectivity index (χ1v) is 8.61. The molecule has 0 aromatic heterocycles. The smallest absolute Gasteiger partial charge is 0.246 e. The first-order valence-electron chi connectivity index (χ1n) is 7.17. The summed E-state index contributed by atoms with van der Waals surface area (Å²) in [6.07, 6.45) is 4.53. The van der Waals surface area contributed by atoms with Crippen molar-refractivity contribution in [3.63, 3.8) is 0 Å². The van der Waals surface area contributed by atoms with Crippen LogP contribution in [0.15, 0.2) is 17.0 Å². The zero-order chi connectivity index (χ0) is 15.2. The van der Waals surface area contributed by atoms with Gasteiger partial charge in [0, 0.05) is 18.3 Å². The first-order chi connectivity index (χ1) is 9.91. The van der Waals surface area contributed by atoms with Gasteiger partial charge in [-0.05, 0) is 43.7 Å². The molecule has 1 aromatic carbocycles. The quantitative estimate of drug-likeness (QED) is 0.853. The normalized spacial score (nSPS) is 26.8. The molecule has 21 heavy (non-hydrogen) atoms. The third-order valence-corrected chi connectivity index (χ3v) is 6.47. The van der Waals surface area contributed by atoms with Crippen molar-refractivity contribution in [2.24, 2.45) is 5.92 Å². The fraction of sp³-hybridized carbons (Fsp3) is 0.571. The summed E-state index contributed by atoms with van der Waals surface area (Å²) in [5, 5.41) is 0. The van der Waals surface area contributed by atoms with Crippen LogP contribution in [0.4, 0.5) is 14.5 Å². The van der Waals surface area contributed by atoms with Gasteiger partial charge in [-0.1, -0.05) is 6.42 Å². The lowest BCUT2D eigenvalue weighted by atomic mass is 9.94. The van der Waals surface area contributed by atoms with E-state index in [1.807, 2.05) is 0 Å². The van der Waals surface area contributed by atoms with E-state index in [-0.39, 0.29) is 11.7 Å². The fourth-order valence-electron chi connectivity index (χ4n) is 3.60. The van der Waals surface area contributed by atoms with Crippen LogP contribution in [0, 0.1) is 17.6 Å². The number of hydrogen-bond donors (Lipinski definition) is 1. The number of fused-ring (bicyclic) bond motifs is 1. The van der Waals surface area contributed by atoms with E-state index in [1.54, 1.807) is 0 Å². The molecule has 1 heterocycles. The van der Waals surface area contributed by atoms with Gasteiger partial charge in [0.05, 0.1) is 0 Å². The molecule has 4 nitrogen and oxygen atoms in total. The zero-order valence-electron chi connectivity index (χ0n) is 11.6. The minimum atomic E-state index is -4.05. The summed E-state index contributed by atoms with van der Waals surface area (Å²) in [5.74, 6) is -2.24. The first kappa shape index (κ1) is 14.7. The molecule has 3 rings (SSSR count). The molecule has 0 radical (unpaired) electrons. The Hall–Kier alpha value is -1.21. The molecule has 2 aliphatic rings. The van der Waals surface area contributed by atoms with Gasteiger partial charge in [-0.2, -0.15) is 4.31 Å². The topological polar surface area (TPSA) is 63.4 Å². The van der Waals surface area contributed by atoms with Crippen molar-refractivity contribution in [1.82, 2.24) is 4.31 Å². The summed E-state index contributed by atoms with van der Waals surface area (Å²) in [7, 11) is -4.05. The lowest BCUT2D eigenvalue weighted by Crippen LogP contribution is -2.46. The molecule has 0 amide bonds. The Morgan fingerprint density at radius 2 is 1.86 bits per heavy atom. The van der Waals surface area contributed by atoms with Crippen molar-refractivity contribution in [3.05, 3.63) is 23.8 Å². The molecule has 1 aliphatic heterocycles. The third-order valence-electron chi connectivity index (χ3n) is 4.55. The second-order valence-electron chi connectivity index (χ2n) is 5.83. The number of rotatable bonds is 2. The van der Waals surface area contributed by atoms with E-state index in [4.69, 9.17) is 5.73 Å². The second-order valence-corrected chi connectivity index (χ2v) is 7.69. The maximum atomic E-state index is 13.9. The van der Waals surface area contributed by atoms with Crippen molar-refractivity contribution in [2.45, 2.75) is 43.0 Å². The molecule has 2 atom stereocenters. The molecule has 1 aromatic rings. The average Bonchev–Trinajstić information content (AvgIpc) is 2.90. The highest BCUT2D eigenvalue weighted by Gasteiger charge is 2.42. The van der Waals surface area contributed by atoms with Gasteiger partial charge in [0.25, 0.3) is 0 Å². The average molecular weight is 316 g/mol. The molecule has 0 spiro atoms. The Balaban J connectivity index is 2.04. The standard InChI is InChI=1S/C14H18F2N2O2S/c15-11-7-10(17)8-13(14(11)16)21(19,20)18-6-2-4-9-3-1-5-12(9)18/h7-9,12H,1-6,17H2. The molecule has 116 valence electrons. The van der Waals surface area contributed by atoms with Crippen LogP contribution in [0.25, 0.3) is 0 Å². The number of nitrogen functional groups attached to an aromatic ring is 1. The number of halogens is 2. The van der Waals surface area contributed by atoms with Crippen LogP contribution in [0.5, 0.6) is 0 Å². The van der Waals surface area contributed by atoms with Crippen molar-refractivity contribution < 1.29 is 17.2 Å². The van der Waals surface area contributed by atoms with E-state index in [0.29, 0.717) is 12.5 Å². The molecule has 7 heteroatoms. The van der Waals surface area contributed by atoms with Crippen molar-refractivity contribution >= 4 is 15.7 Å². The Morgan fingerprint density at radius 3 is 2.62 bits per heavy atom. The number of anilines is 1. The van der Waals surface area contributed by atoms with E-state index < -0.39 is 26.6 Å². The van der Waals surface area contributed by atoms with Crippen LogP contribution >= 0.6 is 0 Å². The largest absolute Gasteiger partial charge is 0.399 e. The number of nitrogens with two attached hydrogens (primary N) is 1. The molecular formula is C14H18F2N2O2S. The molecular weight excluding hydrogens is 298 g/mol. The van der Waals surface area contributed by atoms with Crippen LogP contribution in [-0.2, 0) is 10.0 Å². The highest BCUT2D eigenvalue weighted by atomic mass is 32.2. The monoisotopic (exact) mass is 316 g/mol. The van der Waals surface area contributed by atoms with Crippen LogP contribution in [0.1, 0.15) is 32.1 Å². The van der Waals surface area contributed by atoms with Crippen LogP contribution in [0.2, 0.25) is 0 Å². The Bertz CT molecular complexity index is 663. The molecule has 2 unspecified atom stereocenters. The summed E-state index contributed by atoms with van der Waals surface area (Å²) < 4.78 is 54.2. The van der Waals surface area contributed by atoms with Crippen LogP contribution in [0.3, 0.4) is 0 Å². The summed E-state index contributed by atoms with van der Waals surface area (Å²) in [6, 6.07) is 1.71. The lowest BCUT2D eigenvalue weighted by Gasteiger charge is -2.36. The predicted molar refractivity (Wildman–Crippen MR) is 75.0 cm³/mol. The highest BCUT2D eigenvalue weighted by Crippen LogP contribution is 2.40. The number of hydrogen-bond acceptors (Lipinski definition) is 3. The van der Waals surface area contributed by atoms with E-state index in [0.717, 1.165) is 44.2 Å². The summed E-state index contributed by atoms with van der Waals surface area (Å²) in [5.41, 5.74) is 5.38. The Morgan fingerprint density at radius 1 is 1.14 bits per heavy atom. The minimum absolute atomic E-state index is 0.0901. The van der Waals surface area contributed by atoms with Gasteiger partial charge in [0.15, 0.2) is 11.6 Å². The summed E-state index contributed by atoms with van der Waals surface area (Å²) in [6.45, 7) is 0.360. The zero-order valence-corrected chi connectivity index (χ0v) is 12.4. The molecule has 0 bridgehead atoms. The van der Waals surface area contributed by atoms with Gasteiger partial charge >= 0.3 is 0 Å². The lowest BCUT2D eigenvalue weighted by molar-refractivity contribution is 0.201. The number of benzene rings is 1. The van der Waals surface area contributed by atoms with Gasteiger partial charge in [-0.25, -0.2) is 17.2 Å². The minimum Gasteiger partial charge on any atom is -0.399 e. The SMILES string of the molecule is Nc1cc(F)c(F)c(S(=O)(=O)N2CCCC3CCCC32)c1. The molecule has 2 fully saturated rings. The number of piperidine rings is 1. The van der Waals surface area contributed by atoms with Gasteiger partial charge in [0.2, 0.25) is 10.0 Å². The summed E-state index contributed by atoms with van der Waals surface area (Å²) >= 11 is 0. The van der Waals surface area contributed by atoms with Gasteiger partial charge < -0.3 is 5.73 Å². The Labute approximate surface area is 123 Å². The predicted octanol–water partition coefficient (Wildman–Crippen LogP) is 2.50. The van der Waals surface area contributed by atoms with Gasteiger partial charge in [-0.15, -0.1) is 0 Å². The van der Waals surface area contributed by atoms with Crippen molar-refractivity contribution in [1.29, 1.82) is 0 Å². The van der Waals surface area contributed by atoms with E-state index >= 15 is 0 Å². The number of sulfonamides is 1. The maximum Gasteiger partial charge on any atom is 0.246 e. The molecule has 1 saturated carbocycles. The maximum absolute atomic E-state index is 13.9. The third kappa shape index (κ3) is 2.42. The van der Waals surface area contributed by atoms with Crippen molar-refractivity contribution in [3.8, 4) is 0 Å². The van der Waals surface area contributed by atoms with Gasteiger partial charge in [0.1, 0.15) is 4.90 Å². The molecule has 1 aliphatic carbocycles. The summed E-state index contributed by atoms with van der Waals surface area (Å²) in [4.78, 5) is -0.646. The Kier molecular flexibility index (Phi) is 3.65. The molecule has 2 N–H and O–H groups in total. The van der Waals surface area contributed by atoms with E-state index in [2.05, 4.69) is 0 Å². The second kappa shape index (κ2) is 5.21.